The summed E-state index contributed by atoms with van der Waals surface area (Å²) in [5.41, 5.74) is 6.87. The van der Waals surface area contributed by atoms with Crippen LogP contribution in [0.25, 0.3) is 0 Å². The Bertz CT molecular complexity index is 268. The lowest BCUT2D eigenvalue weighted by molar-refractivity contribution is 0.627. The van der Waals surface area contributed by atoms with E-state index in [1.54, 1.807) is 0 Å². The maximum atomic E-state index is 5.42. The summed E-state index contributed by atoms with van der Waals surface area (Å²) in [4.78, 5) is 2.84. The lowest BCUT2D eigenvalue weighted by atomic mass is 10.2. The highest BCUT2D eigenvalue weighted by atomic mass is 32.1. The third-order valence-electron chi connectivity index (χ3n) is 2.27. The molecule has 0 aliphatic rings. The van der Waals surface area contributed by atoms with E-state index in [0.29, 0.717) is 0 Å². The molecule has 1 heterocycles. The van der Waals surface area contributed by atoms with Crippen molar-refractivity contribution in [3.05, 3.63) is 21.4 Å². The van der Waals surface area contributed by atoms with Gasteiger partial charge in [0.2, 0.25) is 0 Å². The molecule has 0 aromatic carbocycles. The third-order valence-corrected chi connectivity index (χ3v) is 3.28. The molecule has 0 radical (unpaired) electrons. The summed E-state index contributed by atoms with van der Waals surface area (Å²) in [7, 11) is 0. The van der Waals surface area contributed by atoms with Crippen molar-refractivity contribution >= 4 is 11.3 Å². The molecule has 0 fully saturated rings. The van der Waals surface area contributed by atoms with E-state index in [2.05, 4.69) is 25.2 Å². The Labute approximate surface area is 90.5 Å². The number of rotatable bonds is 6. The minimum Gasteiger partial charge on any atom is -0.330 e. The van der Waals surface area contributed by atoms with Crippen molar-refractivity contribution in [3.8, 4) is 0 Å². The maximum Gasteiger partial charge on any atom is 0.0216 e. The average molecular weight is 212 g/mol. The van der Waals surface area contributed by atoms with Crippen molar-refractivity contribution < 1.29 is 0 Å². The molecular formula is C11H20N2S. The average Bonchev–Trinajstić information content (AvgIpc) is 2.45. The third kappa shape index (κ3) is 3.78. The van der Waals surface area contributed by atoms with Crippen molar-refractivity contribution in [1.82, 2.24) is 5.32 Å². The molecule has 0 aliphatic heterocycles. The first kappa shape index (κ1) is 11.7. The van der Waals surface area contributed by atoms with Crippen molar-refractivity contribution in [3.63, 3.8) is 0 Å². The van der Waals surface area contributed by atoms with Gasteiger partial charge in [-0.05, 0) is 51.4 Å². The predicted molar refractivity (Wildman–Crippen MR) is 63.8 cm³/mol. The summed E-state index contributed by atoms with van der Waals surface area (Å²) in [6.45, 7) is 7.23. The standard InChI is InChI=1S/C11H20N2S/c1-9-7-11(10(2)14-9)8-13-6-4-3-5-12/h7,13H,3-6,8,12H2,1-2H3. The van der Waals surface area contributed by atoms with E-state index < -0.39 is 0 Å². The van der Waals surface area contributed by atoms with Crippen LogP contribution in [0, 0.1) is 13.8 Å². The topological polar surface area (TPSA) is 38.0 Å². The molecule has 3 N–H and O–H groups in total. The second-order valence-corrected chi connectivity index (χ2v) is 5.07. The summed E-state index contributed by atoms with van der Waals surface area (Å²) in [6, 6.07) is 2.27. The van der Waals surface area contributed by atoms with Crippen molar-refractivity contribution in [1.29, 1.82) is 0 Å². The van der Waals surface area contributed by atoms with Gasteiger partial charge in [-0.3, -0.25) is 0 Å². The van der Waals surface area contributed by atoms with Crippen LogP contribution in [0.1, 0.15) is 28.2 Å². The van der Waals surface area contributed by atoms with Gasteiger partial charge in [0.15, 0.2) is 0 Å². The smallest absolute Gasteiger partial charge is 0.0216 e. The van der Waals surface area contributed by atoms with Gasteiger partial charge in [0.05, 0.1) is 0 Å². The Kier molecular flexibility index (Phi) is 5.15. The molecule has 1 aromatic heterocycles. The summed E-state index contributed by atoms with van der Waals surface area (Å²) in [5.74, 6) is 0. The zero-order valence-corrected chi connectivity index (χ0v) is 9.91. The predicted octanol–water partition coefficient (Wildman–Crippen LogP) is 2.19. The summed E-state index contributed by atoms with van der Waals surface area (Å²) in [5, 5.41) is 3.44. The molecule has 0 amide bonds. The second kappa shape index (κ2) is 6.17. The highest BCUT2D eigenvalue weighted by Gasteiger charge is 2.01. The number of nitrogens with one attached hydrogen (secondary N) is 1. The minimum absolute atomic E-state index is 0.804. The van der Waals surface area contributed by atoms with E-state index in [0.717, 1.165) is 26.1 Å². The lowest BCUT2D eigenvalue weighted by Crippen LogP contribution is -2.15. The fourth-order valence-corrected chi connectivity index (χ4v) is 2.42. The van der Waals surface area contributed by atoms with E-state index in [4.69, 9.17) is 5.73 Å². The molecule has 14 heavy (non-hydrogen) atoms. The van der Waals surface area contributed by atoms with Crippen LogP contribution in [0.5, 0.6) is 0 Å². The largest absolute Gasteiger partial charge is 0.330 e. The molecule has 0 saturated heterocycles. The van der Waals surface area contributed by atoms with Gasteiger partial charge < -0.3 is 11.1 Å². The van der Waals surface area contributed by atoms with Gasteiger partial charge in [-0.2, -0.15) is 0 Å². The molecule has 1 aromatic rings. The fourth-order valence-electron chi connectivity index (χ4n) is 1.48. The SMILES string of the molecule is Cc1cc(CNCCCCN)c(C)s1. The van der Waals surface area contributed by atoms with E-state index in [1.807, 2.05) is 11.3 Å². The van der Waals surface area contributed by atoms with Crippen LogP contribution in [-0.2, 0) is 6.54 Å². The van der Waals surface area contributed by atoms with Gasteiger partial charge in [-0.25, -0.2) is 0 Å². The number of aryl methyl sites for hydroxylation is 2. The first-order valence-corrected chi connectivity index (χ1v) is 6.02. The molecule has 0 saturated carbocycles. The Morgan fingerprint density at radius 2 is 2.14 bits per heavy atom. The van der Waals surface area contributed by atoms with E-state index in [9.17, 15) is 0 Å². The number of hydrogen-bond donors (Lipinski definition) is 2. The number of hydrogen-bond acceptors (Lipinski definition) is 3. The number of unbranched alkanes of at least 4 members (excludes halogenated alkanes) is 1. The summed E-state index contributed by atoms with van der Waals surface area (Å²) >= 11 is 1.88. The summed E-state index contributed by atoms with van der Waals surface area (Å²) in [6.07, 6.45) is 2.30. The number of nitrogens with two attached hydrogens (primary N) is 1. The van der Waals surface area contributed by atoms with Crippen LogP contribution in [0.15, 0.2) is 6.07 Å². The van der Waals surface area contributed by atoms with E-state index in [-0.39, 0.29) is 0 Å². The van der Waals surface area contributed by atoms with Crippen LogP contribution >= 0.6 is 11.3 Å². The molecule has 0 unspecified atom stereocenters. The first-order valence-electron chi connectivity index (χ1n) is 5.20. The molecule has 0 aliphatic carbocycles. The van der Waals surface area contributed by atoms with Gasteiger partial charge in [-0.1, -0.05) is 0 Å². The highest BCUT2D eigenvalue weighted by molar-refractivity contribution is 7.12. The molecular weight excluding hydrogens is 192 g/mol. The quantitative estimate of drug-likeness (QED) is 0.709. The van der Waals surface area contributed by atoms with Crippen LogP contribution in [0.4, 0.5) is 0 Å². The Morgan fingerprint density at radius 1 is 1.36 bits per heavy atom. The Hall–Kier alpha value is -0.380. The normalized spacial score (nSPS) is 10.8. The van der Waals surface area contributed by atoms with Crippen molar-refractivity contribution in [2.75, 3.05) is 13.1 Å². The molecule has 3 heteroatoms. The molecule has 2 nitrogen and oxygen atoms in total. The Morgan fingerprint density at radius 3 is 2.71 bits per heavy atom. The highest BCUT2D eigenvalue weighted by Crippen LogP contribution is 2.20. The monoisotopic (exact) mass is 212 g/mol. The van der Waals surface area contributed by atoms with E-state index in [1.165, 1.54) is 21.7 Å². The van der Waals surface area contributed by atoms with Crippen molar-refractivity contribution in [2.45, 2.75) is 33.2 Å². The molecule has 1 rings (SSSR count). The first-order chi connectivity index (χ1) is 6.74. The fraction of sp³-hybridized carbons (Fsp3) is 0.636. The maximum absolute atomic E-state index is 5.42. The van der Waals surface area contributed by atoms with Gasteiger partial charge in [0, 0.05) is 16.3 Å². The zero-order valence-electron chi connectivity index (χ0n) is 9.10. The summed E-state index contributed by atoms with van der Waals surface area (Å²) < 4.78 is 0. The van der Waals surface area contributed by atoms with Gasteiger partial charge in [0.1, 0.15) is 0 Å². The molecule has 0 atom stereocenters. The Balaban J connectivity index is 2.21. The van der Waals surface area contributed by atoms with Crippen LogP contribution < -0.4 is 11.1 Å². The van der Waals surface area contributed by atoms with Crippen molar-refractivity contribution in [2.24, 2.45) is 5.73 Å². The van der Waals surface area contributed by atoms with E-state index >= 15 is 0 Å². The minimum atomic E-state index is 0.804. The van der Waals surface area contributed by atoms with Gasteiger partial charge >= 0.3 is 0 Å². The molecule has 0 bridgehead atoms. The molecule has 0 spiro atoms. The molecule has 80 valence electrons. The second-order valence-electron chi connectivity index (χ2n) is 3.61. The van der Waals surface area contributed by atoms with Crippen LogP contribution in [0.3, 0.4) is 0 Å². The zero-order chi connectivity index (χ0) is 10.4. The van der Waals surface area contributed by atoms with Gasteiger partial charge in [0.25, 0.3) is 0 Å². The number of thiophene rings is 1. The van der Waals surface area contributed by atoms with Gasteiger partial charge in [-0.15, -0.1) is 11.3 Å². The van der Waals surface area contributed by atoms with Crippen LogP contribution in [-0.4, -0.2) is 13.1 Å². The van der Waals surface area contributed by atoms with Crippen LogP contribution in [0.2, 0.25) is 0 Å². The lowest BCUT2D eigenvalue weighted by Gasteiger charge is -2.03.